The van der Waals surface area contributed by atoms with Gasteiger partial charge in [0.05, 0.1) is 5.52 Å². The standard InChI is InChI=1S/C17H16N2/c1-18-16-11-10-14-8-5-9-15(17(14)19-16)12-13-6-3-2-4-7-13/h2-11H,12H2,1H3,(H,18,19). The maximum Gasteiger partial charge on any atom is 0.126 e. The lowest BCUT2D eigenvalue weighted by Crippen LogP contribution is -1.96. The molecule has 0 saturated carbocycles. The number of fused-ring (bicyclic) bond motifs is 1. The first-order chi connectivity index (χ1) is 9.36. The highest BCUT2D eigenvalue weighted by Crippen LogP contribution is 2.21. The molecule has 0 aliphatic heterocycles. The Balaban J connectivity index is 2.07. The molecule has 19 heavy (non-hydrogen) atoms. The fraction of sp³-hybridized carbons (Fsp3) is 0.118. The fourth-order valence-electron chi connectivity index (χ4n) is 2.31. The third kappa shape index (κ3) is 2.43. The summed E-state index contributed by atoms with van der Waals surface area (Å²) < 4.78 is 0. The zero-order valence-corrected chi connectivity index (χ0v) is 10.9. The summed E-state index contributed by atoms with van der Waals surface area (Å²) in [6.07, 6.45) is 0.915. The van der Waals surface area contributed by atoms with Crippen molar-refractivity contribution in [2.75, 3.05) is 12.4 Å². The second-order valence-electron chi connectivity index (χ2n) is 4.60. The van der Waals surface area contributed by atoms with Crippen LogP contribution in [0, 0.1) is 0 Å². The quantitative estimate of drug-likeness (QED) is 0.761. The van der Waals surface area contributed by atoms with Crippen LogP contribution >= 0.6 is 0 Å². The summed E-state index contributed by atoms with van der Waals surface area (Å²) >= 11 is 0. The zero-order chi connectivity index (χ0) is 13.1. The van der Waals surface area contributed by atoms with Gasteiger partial charge in [-0.2, -0.15) is 0 Å². The number of anilines is 1. The molecule has 0 spiro atoms. The molecule has 2 aromatic carbocycles. The van der Waals surface area contributed by atoms with Gasteiger partial charge in [-0.15, -0.1) is 0 Å². The smallest absolute Gasteiger partial charge is 0.126 e. The molecule has 0 fully saturated rings. The zero-order valence-electron chi connectivity index (χ0n) is 10.9. The van der Waals surface area contributed by atoms with Gasteiger partial charge in [0.25, 0.3) is 0 Å². The Morgan fingerprint density at radius 1 is 0.895 bits per heavy atom. The molecular formula is C17H16N2. The summed E-state index contributed by atoms with van der Waals surface area (Å²) in [5.74, 6) is 0.910. The molecule has 1 heterocycles. The maximum atomic E-state index is 4.68. The van der Waals surface area contributed by atoms with Crippen molar-refractivity contribution in [1.82, 2.24) is 4.98 Å². The van der Waals surface area contributed by atoms with Crippen LogP contribution in [-0.2, 0) is 6.42 Å². The number of hydrogen-bond donors (Lipinski definition) is 1. The van der Waals surface area contributed by atoms with Gasteiger partial charge < -0.3 is 5.32 Å². The van der Waals surface area contributed by atoms with Gasteiger partial charge in [-0.1, -0.05) is 48.5 Å². The van der Waals surface area contributed by atoms with E-state index < -0.39 is 0 Å². The lowest BCUT2D eigenvalue weighted by molar-refractivity contribution is 1.19. The van der Waals surface area contributed by atoms with E-state index in [2.05, 4.69) is 58.8 Å². The Hall–Kier alpha value is -2.35. The van der Waals surface area contributed by atoms with Crippen molar-refractivity contribution >= 4 is 16.7 Å². The minimum absolute atomic E-state index is 0.910. The number of pyridine rings is 1. The number of aromatic nitrogens is 1. The number of rotatable bonds is 3. The van der Waals surface area contributed by atoms with Crippen molar-refractivity contribution in [3.8, 4) is 0 Å². The molecule has 0 amide bonds. The van der Waals surface area contributed by atoms with Crippen LogP contribution in [0.15, 0.2) is 60.7 Å². The van der Waals surface area contributed by atoms with E-state index in [9.17, 15) is 0 Å². The summed E-state index contributed by atoms with van der Waals surface area (Å²) in [6.45, 7) is 0. The molecule has 0 unspecified atom stereocenters. The Morgan fingerprint density at radius 2 is 1.74 bits per heavy atom. The number of nitrogens with zero attached hydrogens (tertiary/aromatic N) is 1. The van der Waals surface area contributed by atoms with E-state index in [1.807, 2.05) is 19.2 Å². The van der Waals surface area contributed by atoms with Crippen LogP contribution in [0.5, 0.6) is 0 Å². The normalized spacial score (nSPS) is 10.6. The molecule has 2 nitrogen and oxygen atoms in total. The van der Waals surface area contributed by atoms with Crippen LogP contribution in [-0.4, -0.2) is 12.0 Å². The molecular weight excluding hydrogens is 232 g/mol. The third-order valence-electron chi connectivity index (χ3n) is 3.30. The highest BCUT2D eigenvalue weighted by Gasteiger charge is 2.04. The third-order valence-corrected chi connectivity index (χ3v) is 3.30. The minimum Gasteiger partial charge on any atom is -0.373 e. The Labute approximate surface area is 113 Å². The number of benzene rings is 2. The molecule has 0 atom stereocenters. The SMILES string of the molecule is CNc1ccc2cccc(Cc3ccccc3)c2n1. The molecule has 1 N–H and O–H groups in total. The lowest BCUT2D eigenvalue weighted by Gasteiger charge is -2.08. The van der Waals surface area contributed by atoms with Gasteiger partial charge in [-0.3, -0.25) is 0 Å². The van der Waals surface area contributed by atoms with Gasteiger partial charge in [0.15, 0.2) is 0 Å². The number of para-hydroxylation sites is 1. The van der Waals surface area contributed by atoms with Crippen molar-refractivity contribution in [2.24, 2.45) is 0 Å². The van der Waals surface area contributed by atoms with Gasteiger partial charge in [-0.05, 0) is 29.7 Å². The van der Waals surface area contributed by atoms with Crippen molar-refractivity contribution in [2.45, 2.75) is 6.42 Å². The van der Waals surface area contributed by atoms with Crippen LogP contribution in [0.3, 0.4) is 0 Å². The van der Waals surface area contributed by atoms with E-state index in [-0.39, 0.29) is 0 Å². The number of hydrogen-bond acceptors (Lipinski definition) is 2. The largest absolute Gasteiger partial charge is 0.373 e. The fourth-order valence-corrected chi connectivity index (χ4v) is 2.31. The van der Waals surface area contributed by atoms with E-state index in [1.54, 1.807) is 0 Å². The van der Waals surface area contributed by atoms with Gasteiger partial charge in [-0.25, -0.2) is 4.98 Å². The van der Waals surface area contributed by atoms with Crippen molar-refractivity contribution in [3.05, 3.63) is 71.8 Å². The molecule has 2 heteroatoms. The first-order valence-electron chi connectivity index (χ1n) is 6.47. The average molecular weight is 248 g/mol. The van der Waals surface area contributed by atoms with Gasteiger partial charge in [0, 0.05) is 12.4 Å². The van der Waals surface area contributed by atoms with E-state index in [0.29, 0.717) is 0 Å². The minimum atomic E-state index is 0.910. The van der Waals surface area contributed by atoms with Crippen molar-refractivity contribution in [1.29, 1.82) is 0 Å². The highest BCUT2D eigenvalue weighted by atomic mass is 15.0. The van der Waals surface area contributed by atoms with Crippen molar-refractivity contribution < 1.29 is 0 Å². The van der Waals surface area contributed by atoms with Crippen LogP contribution in [0.2, 0.25) is 0 Å². The summed E-state index contributed by atoms with van der Waals surface area (Å²) in [7, 11) is 1.90. The van der Waals surface area contributed by atoms with Crippen LogP contribution in [0.25, 0.3) is 10.9 Å². The second-order valence-corrected chi connectivity index (χ2v) is 4.60. The predicted molar refractivity (Wildman–Crippen MR) is 80.5 cm³/mol. The maximum absolute atomic E-state index is 4.68. The number of nitrogens with one attached hydrogen (secondary N) is 1. The summed E-state index contributed by atoms with van der Waals surface area (Å²) in [6, 6.07) is 21.0. The summed E-state index contributed by atoms with van der Waals surface area (Å²) in [5.41, 5.74) is 3.66. The molecule has 0 bridgehead atoms. The van der Waals surface area contributed by atoms with E-state index in [0.717, 1.165) is 17.8 Å². The molecule has 3 rings (SSSR count). The van der Waals surface area contributed by atoms with Gasteiger partial charge in [0.2, 0.25) is 0 Å². The second kappa shape index (κ2) is 5.11. The first kappa shape index (κ1) is 11.7. The van der Waals surface area contributed by atoms with E-state index in [1.165, 1.54) is 16.5 Å². The molecule has 94 valence electrons. The van der Waals surface area contributed by atoms with Crippen LogP contribution < -0.4 is 5.32 Å². The summed E-state index contributed by atoms with van der Waals surface area (Å²) in [5, 5.41) is 4.29. The molecule has 0 radical (unpaired) electrons. The molecule has 3 aromatic rings. The topological polar surface area (TPSA) is 24.9 Å². The van der Waals surface area contributed by atoms with Crippen molar-refractivity contribution in [3.63, 3.8) is 0 Å². The molecule has 0 aliphatic rings. The highest BCUT2D eigenvalue weighted by molar-refractivity contribution is 5.83. The Kier molecular flexibility index (Phi) is 3.15. The lowest BCUT2D eigenvalue weighted by atomic mass is 10.0. The Morgan fingerprint density at radius 3 is 2.53 bits per heavy atom. The molecule has 0 aliphatic carbocycles. The predicted octanol–water partition coefficient (Wildman–Crippen LogP) is 3.87. The van der Waals surface area contributed by atoms with Crippen LogP contribution in [0.1, 0.15) is 11.1 Å². The molecule has 0 saturated heterocycles. The van der Waals surface area contributed by atoms with Crippen LogP contribution in [0.4, 0.5) is 5.82 Å². The van der Waals surface area contributed by atoms with Gasteiger partial charge >= 0.3 is 0 Å². The first-order valence-corrected chi connectivity index (χ1v) is 6.47. The molecule has 1 aromatic heterocycles. The average Bonchev–Trinajstić information content (AvgIpc) is 2.48. The van der Waals surface area contributed by atoms with E-state index in [4.69, 9.17) is 0 Å². The summed E-state index contributed by atoms with van der Waals surface area (Å²) in [4.78, 5) is 4.68. The van der Waals surface area contributed by atoms with E-state index >= 15 is 0 Å². The van der Waals surface area contributed by atoms with Gasteiger partial charge in [0.1, 0.15) is 5.82 Å². The Bertz CT molecular complexity index is 690. The monoisotopic (exact) mass is 248 g/mol.